The van der Waals surface area contributed by atoms with Crippen molar-refractivity contribution in [3.05, 3.63) is 48.5 Å². The summed E-state index contributed by atoms with van der Waals surface area (Å²) in [5.41, 5.74) is 0.653. The Bertz CT molecular complexity index is 789. The second-order valence-corrected chi connectivity index (χ2v) is 6.72. The van der Waals surface area contributed by atoms with Gasteiger partial charge in [0, 0.05) is 0 Å². The van der Waals surface area contributed by atoms with Gasteiger partial charge in [-0.1, -0.05) is 24.3 Å². The van der Waals surface area contributed by atoms with Gasteiger partial charge in [0.2, 0.25) is 0 Å². The molecule has 0 saturated heterocycles. The molecule has 106 valence electrons. The Kier molecular flexibility index (Phi) is 7.63. The summed E-state index contributed by atoms with van der Waals surface area (Å²) in [6.07, 6.45) is 0. The topological polar surface area (TPSA) is 114 Å². The van der Waals surface area contributed by atoms with Gasteiger partial charge in [0.15, 0.2) is 0 Å². The first-order chi connectivity index (χ1) is 9.18. The van der Waals surface area contributed by atoms with Crippen LogP contribution in [0.4, 0.5) is 0 Å². The van der Waals surface area contributed by atoms with E-state index in [4.69, 9.17) is 0 Å². The molecule has 0 N–H and O–H groups in total. The van der Waals surface area contributed by atoms with Gasteiger partial charge >= 0.3 is 37.7 Å². The monoisotopic (exact) mass is 326 g/mol. The average Bonchev–Trinajstić information content (AvgIpc) is 2.37. The smallest absolute Gasteiger partial charge is 0.744 e. The predicted molar refractivity (Wildman–Crippen MR) is 67.8 cm³/mol. The number of hydrogen-bond acceptors (Lipinski definition) is 6. The quantitative estimate of drug-likeness (QED) is 0.413. The van der Waals surface area contributed by atoms with E-state index in [1.807, 2.05) is 0 Å². The van der Waals surface area contributed by atoms with Crippen molar-refractivity contribution in [3.8, 4) is 11.1 Å². The van der Waals surface area contributed by atoms with Crippen molar-refractivity contribution in [2.75, 3.05) is 0 Å². The fourth-order valence-corrected chi connectivity index (χ4v) is 2.70. The maximum atomic E-state index is 10.9. The van der Waals surface area contributed by atoms with E-state index < -0.39 is 30.0 Å². The molecule has 0 radical (unpaired) electrons. The molecule has 0 aromatic heterocycles. The summed E-state index contributed by atoms with van der Waals surface area (Å²) < 4.78 is 65.6. The molecule has 0 unspecified atom stereocenters. The van der Waals surface area contributed by atoms with Crippen LogP contribution in [0.15, 0.2) is 58.3 Å². The van der Waals surface area contributed by atoms with Gasteiger partial charge in [-0.2, -0.15) is 0 Å². The van der Waals surface area contributed by atoms with E-state index in [-0.39, 0.29) is 37.7 Å². The van der Waals surface area contributed by atoms with Crippen molar-refractivity contribution in [2.24, 2.45) is 0 Å². The Balaban J connectivity index is 0.00000220. The summed E-state index contributed by atoms with van der Waals surface area (Å²) in [6.45, 7) is 0. The molecule has 0 aliphatic heterocycles. The molecule has 0 spiro atoms. The second-order valence-electron chi connectivity index (χ2n) is 3.96. The van der Waals surface area contributed by atoms with Crippen molar-refractivity contribution in [2.45, 2.75) is 9.79 Å². The fourth-order valence-electron chi connectivity index (χ4n) is 1.66. The van der Waals surface area contributed by atoms with Crippen LogP contribution in [0, 0.1) is 0 Å². The van der Waals surface area contributed by atoms with Crippen molar-refractivity contribution < 1.29 is 63.7 Å². The Hall–Kier alpha value is -0.545. The Morgan fingerprint density at radius 3 is 1.23 bits per heavy atom. The molecule has 6 nitrogen and oxygen atoms in total. The number of benzene rings is 2. The van der Waals surface area contributed by atoms with Crippen molar-refractivity contribution in [1.29, 1.82) is 0 Å². The van der Waals surface area contributed by atoms with Crippen LogP contribution < -0.4 is 37.7 Å². The normalized spacial score (nSPS) is 11.2. The summed E-state index contributed by atoms with van der Waals surface area (Å²) in [5.74, 6) is 0. The van der Waals surface area contributed by atoms with E-state index >= 15 is 0 Å². The molecular formula is C12H8Li2O6S2. The molecular weight excluding hydrogens is 318 g/mol. The van der Waals surface area contributed by atoms with E-state index in [2.05, 4.69) is 0 Å². The molecule has 0 saturated carbocycles. The zero-order valence-electron chi connectivity index (χ0n) is 11.9. The van der Waals surface area contributed by atoms with Crippen LogP contribution in [0.2, 0.25) is 0 Å². The Morgan fingerprint density at radius 1 is 0.636 bits per heavy atom. The van der Waals surface area contributed by atoms with Crippen LogP contribution in [-0.4, -0.2) is 25.9 Å². The van der Waals surface area contributed by atoms with Crippen LogP contribution >= 0.6 is 0 Å². The zero-order chi connectivity index (χ0) is 15.0. The van der Waals surface area contributed by atoms with E-state index in [0.29, 0.717) is 11.1 Å². The van der Waals surface area contributed by atoms with Crippen LogP contribution in [-0.2, 0) is 20.2 Å². The summed E-state index contributed by atoms with van der Waals surface area (Å²) in [6, 6.07) is 10.3. The third-order valence-electron chi connectivity index (χ3n) is 2.58. The molecule has 0 aliphatic carbocycles. The molecule has 0 atom stereocenters. The van der Waals surface area contributed by atoms with Gasteiger partial charge < -0.3 is 9.11 Å². The van der Waals surface area contributed by atoms with Gasteiger partial charge in [0.05, 0.1) is 9.79 Å². The molecule has 0 aliphatic rings. The van der Waals surface area contributed by atoms with Gasteiger partial charge in [-0.3, -0.25) is 0 Å². The van der Waals surface area contributed by atoms with Crippen LogP contribution in [0.1, 0.15) is 0 Å². The van der Waals surface area contributed by atoms with E-state index in [1.165, 1.54) is 24.3 Å². The first-order valence-electron chi connectivity index (χ1n) is 5.30. The van der Waals surface area contributed by atoms with Crippen molar-refractivity contribution >= 4 is 20.2 Å². The molecule has 0 fully saturated rings. The summed E-state index contributed by atoms with van der Waals surface area (Å²) in [5, 5.41) is 0. The standard InChI is InChI=1S/C12H10O6S2.2Li/c13-19(14,15)11-5-1-3-9(7-11)10-4-2-6-12(8-10)20(16,17)18;;/h1-8H,(H,13,14,15)(H,16,17,18);;/q;2*+1/p-2. The molecule has 0 bridgehead atoms. The Morgan fingerprint density at radius 2 is 0.955 bits per heavy atom. The van der Waals surface area contributed by atoms with Gasteiger partial charge in [-0.05, 0) is 35.4 Å². The maximum Gasteiger partial charge on any atom is 1.00 e. The van der Waals surface area contributed by atoms with Crippen LogP contribution in [0.25, 0.3) is 11.1 Å². The average molecular weight is 326 g/mol. The van der Waals surface area contributed by atoms with E-state index in [0.717, 1.165) is 24.3 Å². The SMILES string of the molecule is O=S(=O)([O-])c1cccc(-c2cccc(S(=O)(=O)[O-])c2)c1.[Li+].[Li+]. The maximum absolute atomic E-state index is 10.9. The molecule has 10 heteroatoms. The third-order valence-corrected chi connectivity index (χ3v) is 4.24. The fraction of sp³-hybridized carbons (Fsp3) is 0. The van der Waals surface area contributed by atoms with Crippen LogP contribution in [0.5, 0.6) is 0 Å². The summed E-state index contributed by atoms with van der Waals surface area (Å²) in [7, 11) is -9.20. The van der Waals surface area contributed by atoms with Gasteiger partial charge in [0.1, 0.15) is 20.2 Å². The molecule has 2 aromatic carbocycles. The van der Waals surface area contributed by atoms with Crippen LogP contribution in [0.3, 0.4) is 0 Å². The van der Waals surface area contributed by atoms with Gasteiger partial charge in [-0.15, -0.1) is 0 Å². The molecule has 22 heavy (non-hydrogen) atoms. The summed E-state index contributed by atoms with van der Waals surface area (Å²) >= 11 is 0. The minimum Gasteiger partial charge on any atom is -0.744 e. The Labute approximate surface area is 152 Å². The number of hydrogen-bond donors (Lipinski definition) is 0. The van der Waals surface area contributed by atoms with E-state index in [1.54, 1.807) is 0 Å². The molecule has 0 heterocycles. The molecule has 2 rings (SSSR count). The largest absolute Gasteiger partial charge is 1.00 e. The second kappa shape index (κ2) is 7.82. The predicted octanol–water partition coefficient (Wildman–Crippen LogP) is -4.83. The van der Waals surface area contributed by atoms with Crippen molar-refractivity contribution in [3.63, 3.8) is 0 Å². The molecule has 2 aromatic rings. The number of rotatable bonds is 3. The van der Waals surface area contributed by atoms with Gasteiger partial charge in [-0.25, -0.2) is 16.8 Å². The minimum absolute atomic E-state index is 0. The third kappa shape index (κ3) is 5.27. The molecule has 0 amide bonds. The minimum atomic E-state index is -4.60. The first kappa shape index (κ1) is 21.5. The summed E-state index contributed by atoms with van der Waals surface area (Å²) in [4.78, 5) is -0.851. The van der Waals surface area contributed by atoms with Gasteiger partial charge in [0.25, 0.3) is 0 Å². The van der Waals surface area contributed by atoms with Crippen molar-refractivity contribution in [1.82, 2.24) is 0 Å². The van der Waals surface area contributed by atoms with E-state index in [9.17, 15) is 25.9 Å². The first-order valence-corrected chi connectivity index (χ1v) is 8.12. The zero-order valence-corrected chi connectivity index (χ0v) is 13.5.